The van der Waals surface area contributed by atoms with Gasteiger partial charge in [0.15, 0.2) is 0 Å². The van der Waals surface area contributed by atoms with Gasteiger partial charge < -0.3 is 4.90 Å². The normalized spacial score (nSPS) is 15.3. The third-order valence-corrected chi connectivity index (χ3v) is 2.53. The lowest BCUT2D eigenvalue weighted by Gasteiger charge is -2.11. The summed E-state index contributed by atoms with van der Waals surface area (Å²) in [5.41, 5.74) is 1.95. The number of benzene rings is 1. The molecule has 6 nitrogen and oxygen atoms in total. The molecule has 1 aromatic rings. The maximum absolute atomic E-state index is 11.2. The van der Waals surface area contributed by atoms with Gasteiger partial charge in [0.25, 0.3) is 0 Å². The van der Waals surface area contributed by atoms with E-state index in [1.54, 1.807) is 6.21 Å². The summed E-state index contributed by atoms with van der Waals surface area (Å²) < 4.78 is 0. The van der Waals surface area contributed by atoms with Crippen LogP contribution in [0.1, 0.15) is 5.56 Å². The van der Waals surface area contributed by atoms with Gasteiger partial charge in [0.05, 0.1) is 6.21 Å². The quantitative estimate of drug-likeness (QED) is 0.628. The van der Waals surface area contributed by atoms with Crippen molar-refractivity contribution in [3.05, 3.63) is 29.8 Å². The second kappa shape index (κ2) is 4.87. The number of rotatable bonds is 3. The number of carbonyl (C=O) groups excluding carboxylic acids is 2. The van der Waals surface area contributed by atoms with E-state index in [4.69, 9.17) is 0 Å². The molecule has 0 saturated carbocycles. The topological polar surface area (TPSA) is 65.0 Å². The summed E-state index contributed by atoms with van der Waals surface area (Å²) in [7, 11) is 3.92. The molecule has 0 spiro atoms. The third-order valence-electron chi connectivity index (χ3n) is 2.53. The van der Waals surface area contributed by atoms with E-state index in [1.807, 2.05) is 43.3 Å². The molecule has 1 aromatic carbocycles. The molecule has 0 bridgehead atoms. The Bertz CT molecular complexity index is 493. The smallest absolute Gasteiger partial charge is 0.344 e. The first-order valence-corrected chi connectivity index (χ1v) is 5.49. The van der Waals surface area contributed by atoms with Crippen molar-refractivity contribution < 1.29 is 9.59 Å². The molecule has 0 unspecified atom stereocenters. The molecule has 6 heteroatoms. The SMILES string of the molecule is CN(C)c1ccc(/C=N/N2CC(=O)NC2=O)cc1. The molecule has 1 N–H and O–H groups in total. The number of carbonyl (C=O) groups is 2. The summed E-state index contributed by atoms with van der Waals surface area (Å²) in [6.07, 6.45) is 1.55. The molecule has 0 radical (unpaired) electrons. The predicted molar refractivity (Wildman–Crippen MR) is 68.6 cm³/mol. The summed E-state index contributed by atoms with van der Waals surface area (Å²) in [6, 6.07) is 7.22. The molecule has 1 aliphatic rings. The van der Waals surface area contributed by atoms with Crippen LogP contribution in [0.3, 0.4) is 0 Å². The van der Waals surface area contributed by atoms with Crippen molar-refractivity contribution in [3.63, 3.8) is 0 Å². The predicted octanol–water partition coefficient (Wildman–Crippen LogP) is 0.638. The van der Waals surface area contributed by atoms with Gasteiger partial charge in [-0.3, -0.25) is 10.1 Å². The highest BCUT2D eigenvalue weighted by Crippen LogP contribution is 2.11. The number of hydrogen-bond acceptors (Lipinski definition) is 4. The Morgan fingerprint density at radius 3 is 2.44 bits per heavy atom. The highest BCUT2D eigenvalue weighted by Gasteiger charge is 2.25. The maximum Gasteiger partial charge on any atom is 0.344 e. The Kier molecular flexibility index (Phi) is 3.27. The number of amides is 3. The van der Waals surface area contributed by atoms with E-state index < -0.39 is 6.03 Å². The molecule has 0 aliphatic carbocycles. The van der Waals surface area contributed by atoms with E-state index in [0.29, 0.717) is 0 Å². The maximum atomic E-state index is 11.2. The van der Waals surface area contributed by atoms with Crippen LogP contribution in [-0.2, 0) is 4.79 Å². The van der Waals surface area contributed by atoms with Crippen molar-refractivity contribution in [2.75, 3.05) is 25.5 Å². The number of nitrogens with one attached hydrogen (secondary N) is 1. The Labute approximate surface area is 105 Å². The molecule has 1 fully saturated rings. The van der Waals surface area contributed by atoms with Gasteiger partial charge in [0.1, 0.15) is 6.54 Å². The van der Waals surface area contributed by atoms with Gasteiger partial charge in [-0.05, 0) is 17.7 Å². The molecule has 18 heavy (non-hydrogen) atoms. The van der Waals surface area contributed by atoms with E-state index in [0.717, 1.165) is 16.3 Å². The summed E-state index contributed by atoms with van der Waals surface area (Å²) in [6.45, 7) is -0.0227. The zero-order chi connectivity index (χ0) is 13.1. The fourth-order valence-corrected chi connectivity index (χ4v) is 1.52. The van der Waals surface area contributed by atoms with Crippen molar-refractivity contribution >= 4 is 23.8 Å². The Morgan fingerprint density at radius 2 is 1.94 bits per heavy atom. The Balaban J connectivity index is 2.05. The lowest BCUT2D eigenvalue weighted by atomic mass is 10.2. The summed E-state index contributed by atoms with van der Waals surface area (Å²) >= 11 is 0. The van der Waals surface area contributed by atoms with Crippen LogP contribution in [0.2, 0.25) is 0 Å². The van der Waals surface area contributed by atoms with Gasteiger partial charge in [-0.2, -0.15) is 5.10 Å². The summed E-state index contributed by atoms with van der Waals surface area (Å²) in [4.78, 5) is 24.2. The van der Waals surface area contributed by atoms with E-state index in [9.17, 15) is 9.59 Å². The lowest BCUT2D eigenvalue weighted by molar-refractivity contribution is -0.118. The number of imide groups is 1. The second-order valence-electron chi connectivity index (χ2n) is 4.14. The Morgan fingerprint density at radius 1 is 1.28 bits per heavy atom. The first-order chi connectivity index (χ1) is 8.56. The Hall–Kier alpha value is -2.37. The number of hydrazone groups is 1. The fourth-order valence-electron chi connectivity index (χ4n) is 1.52. The first-order valence-electron chi connectivity index (χ1n) is 5.49. The van der Waals surface area contributed by atoms with E-state index in [-0.39, 0.29) is 12.5 Å². The van der Waals surface area contributed by atoms with Gasteiger partial charge in [0.2, 0.25) is 5.91 Å². The van der Waals surface area contributed by atoms with Gasteiger partial charge in [-0.25, -0.2) is 9.80 Å². The van der Waals surface area contributed by atoms with Crippen LogP contribution in [0.4, 0.5) is 10.5 Å². The minimum absolute atomic E-state index is 0.0227. The zero-order valence-electron chi connectivity index (χ0n) is 10.3. The molecule has 1 aliphatic heterocycles. The number of urea groups is 1. The molecule has 3 amide bonds. The van der Waals surface area contributed by atoms with Crippen LogP contribution < -0.4 is 10.2 Å². The number of nitrogens with zero attached hydrogens (tertiary/aromatic N) is 3. The van der Waals surface area contributed by atoms with E-state index >= 15 is 0 Å². The van der Waals surface area contributed by atoms with E-state index in [2.05, 4.69) is 10.4 Å². The lowest BCUT2D eigenvalue weighted by Crippen LogP contribution is -2.24. The van der Waals surface area contributed by atoms with Crippen LogP contribution in [0.5, 0.6) is 0 Å². The van der Waals surface area contributed by atoms with Crippen LogP contribution in [0.25, 0.3) is 0 Å². The molecule has 2 rings (SSSR count). The zero-order valence-corrected chi connectivity index (χ0v) is 10.3. The average Bonchev–Trinajstić information content (AvgIpc) is 2.66. The number of anilines is 1. The molecular formula is C12H14N4O2. The van der Waals surface area contributed by atoms with Crippen molar-refractivity contribution in [3.8, 4) is 0 Å². The highest BCUT2D eigenvalue weighted by atomic mass is 16.2. The highest BCUT2D eigenvalue weighted by molar-refractivity contribution is 6.02. The van der Waals surface area contributed by atoms with Crippen LogP contribution in [0.15, 0.2) is 29.4 Å². The van der Waals surface area contributed by atoms with Crippen LogP contribution in [0, 0.1) is 0 Å². The molecule has 1 heterocycles. The fraction of sp³-hybridized carbons (Fsp3) is 0.250. The van der Waals surface area contributed by atoms with Crippen molar-refractivity contribution in [2.45, 2.75) is 0 Å². The van der Waals surface area contributed by atoms with Crippen LogP contribution in [-0.4, -0.2) is 43.8 Å². The third kappa shape index (κ3) is 2.65. The van der Waals surface area contributed by atoms with E-state index in [1.165, 1.54) is 0 Å². The van der Waals surface area contributed by atoms with Crippen molar-refractivity contribution in [1.82, 2.24) is 10.3 Å². The molecule has 94 valence electrons. The number of hydrogen-bond donors (Lipinski definition) is 1. The summed E-state index contributed by atoms with van der Waals surface area (Å²) in [5, 5.41) is 7.22. The first kappa shape index (κ1) is 12.1. The van der Waals surface area contributed by atoms with Gasteiger partial charge in [-0.1, -0.05) is 12.1 Å². The largest absolute Gasteiger partial charge is 0.378 e. The molecular weight excluding hydrogens is 232 g/mol. The minimum atomic E-state index is -0.485. The van der Waals surface area contributed by atoms with Gasteiger partial charge >= 0.3 is 6.03 Å². The van der Waals surface area contributed by atoms with Crippen molar-refractivity contribution in [1.29, 1.82) is 0 Å². The summed E-state index contributed by atoms with van der Waals surface area (Å²) in [5.74, 6) is -0.333. The monoisotopic (exact) mass is 246 g/mol. The average molecular weight is 246 g/mol. The standard InChI is InChI=1S/C12H14N4O2/c1-15(2)10-5-3-9(4-6-10)7-13-16-8-11(17)14-12(16)18/h3-7H,8H2,1-2H3,(H,14,17,18)/b13-7+. The van der Waals surface area contributed by atoms with Gasteiger partial charge in [-0.15, -0.1) is 0 Å². The minimum Gasteiger partial charge on any atom is -0.378 e. The van der Waals surface area contributed by atoms with Crippen molar-refractivity contribution in [2.24, 2.45) is 5.10 Å². The second-order valence-corrected chi connectivity index (χ2v) is 4.14. The molecule has 0 aromatic heterocycles. The molecule has 1 saturated heterocycles. The van der Waals surface area contributed by atoms with Gasteiger partial charge in [0, 0.05) is 19.8 Å². The molecule has 0 atom stereocenters. The van der Waals surface area contributed by atoms with Crippen LogP contribution >= 0.6 is 0 Å².